The number of nitrogens with zero attached hydrogens (tertiary/aromatic N) is 1. The molecule has 1 amide bonds. The third-order valence-electron chi connectivity index (χ3n) is 4.96. The van der Waals surface area contributed by atoms with Gasteiger partial charge in [0, 0.05) is 18.3 Å². The van der Waals surface area contributed by atoms with Gasteiger partial charge in [-0.25, -0.2) is 0 Å². The molecule has 0 aromatic heterocycles. The van der Waals surface area contributed by atoms with Crippen LogP contribution in [0.25, 0.3) is 6.08 Å². The van der Waals surface area contributed by atoms with Crippen LogP contribution in [0.15, 0.2) is 48.5 Å². The smallest absolute Gasteiger partial charge is 0.248 e. The third-order valence-corrected chi connectivity index (χ3v) is 4.96. The number of anilines is 1. The lowest BCUT2D eigenvalue weighted by Crippen LogP contribution is -2.21. The quantitative estimate of drug-likeness (QED) is 0.794. The number of benzene rings is 2. The first-order chi connectivity index (χ1) is 13.3. The van der Waals surface area contributed by atoms with Gasteiger partial charge in [0.15, 0.2) is 11.5 Å². The Bertz CT molecular complexity index is 824. The van der Waals surface area contributed by atoms with E-state index in [0.29, 0.717) is 5.75 Å². The second-order valence-corrected chi connectivity index (χ2v) is 6.93. The summed E-state index contributed by atoms with van der Waals surface area (Å²) in [4.78, 5) is 14.7. The summed E-state index contributed by atoms with van der Waals surface area (Å²) in [5, 5.41) is 2.90. The molecule has 27 heavy (non-hydrogen) atoms. The second kappa shape index (κ2) is 8.27. The van der Waals surface area contributed by atoms with Crippen molar-refractivity contribution < 1.29 is 14.3 Å². The SMILES string of the molecule is O=C(/C=C/c1ccc2c(c1)OCO2)Nc1ccc(CCN2CCCC2)cc1. The summed E-state index contributed by atoms with van der Waals surface area (Å²) in [6.07, 6.45) is 6.99. The predicted molar refractivity (Wildman–Crippen MR) is 106 cm³/mol. The molecule has 5 nitrogen and oxygen atoms in total. The maximum absolute atomic E-state index is 12.1. The first-order valence-corrected chi connectivity index (χ1v) is 9.46. The Morgan fingerprint density at radius 2 is 1.81 bits per heavy atom. The summed E-state index contributed by atoms with van der Waals surface area (Å²) in [7, 11) is 0. The van der Waals surface area contributed by atoms with Gasteiger partial charge in [-0.2, -0.15) is 0 Å². The number of carbonyl (C=O) groups excluding carboxylic acids is 1. The zero-order chi connectivity index (χ0) is 18.5. The average molecular weight is 364 g/mol. The van der Waals surface area contributed by atoms with Crippen molar-refractivity contribution in [2.24, 2.45) is 0 Å². The molecule has 0 aliphatic carbocycles. The summed E-state index contributed by atoms with van der Waals surface area (Å²) < 4.78 is 10.6. The number of nitrogens with one attached hydrogen (secondary N) is 1. The first-order valence-electron chi connectivity index (χ1n) is 9.46. The van der Waals surface area contributed by atoms with E-state index in [2.05, 4.69) is 22.3 Å². The van der Waals surface area contributed by atoms with Crippen LogP contribution in [0, 0.1) is 0 Å². The van der Waals surface area contributed by atoms with Crippen LogP contribution < -0.4 is 14.8 Å². The molecule has 0 saturated carbocycles. The van der Waals surface area contributed by atoms with Gasteiger partial charge >= 0.3 is 0 Å². The molecule has 140 valence electrons. The Kier molecular flexibility index (Phi) is 5.39. The summed E-state index contributed by atoms with van der Waals surface area (Å²) in [6, 6.07) is 13.7. The predicted octanol–water partition coefficient (Wildman–Crippen LogP) is 3.71. The Morgan fingerprint density at radius 3 is 2.63 bits per heavy atom. The zero-order valence-electron chi connectivity index (χ0n) is 15.3. The lowest BCUT2D eigenvalue weighted by Gasteiger charge is -2.14. The van der Waals surface area contributed by atoms with Crippen molar-refractivity contribution >= 4 is 17.7 Å². The van der Waals surface area contributed by atoms with Crippen LogP contribution in [0.1, 0.15) is 24.0 Å². The number of hydrogen-bond donors (Lipinski definition) is 1. The van der Waals surface area contributed by atoms with Crippen molar-refractivity contribution in [1.82, 2.24) is 4.90 Å². The highest BCUT2D eigenvalue weighted by molar-refractivity contribution is 6.01. The highest BCUT2D eigenvalue weighted by atomic mass is 16.7. The van der Waals surface area contributed by atoms with Crippen LogP contribution in [0.2, 0.25) is 0 Å². The average Bonchev–Trinajstić information content (AvgIpc) is 3.37. The minimum Gasteiger partial charge on any atom is -0.454 e. The van der Waals surface area contributed by atoms with Gasteiger partial charge in [0.1, 0.15) is 0 Å². The molecule has 2 aromatic carbocycles. The van der Waals surface area contributed by atoms with Gasteiger partial charge in [0.2, 0.25) is 12.7 Å². The lowest BCUT2D eigenvalue weighted by molar-refractivity contribution is -0.111. The second-order valence-electron chi connectivity index (χ2n) is 6.93. The molecule has 1 saturated heterocycles. The standard InChI is InChI=1S/C22H24N2O3/c25-22(10-6-18-5-9-20-21(15-18)27-16-26-20)23-19-7-3-17(4-8-19)11-14-24-12-1-2-13-24/h3-10,15H,1-2,11-14,16H2,(H,23,25)/b10-6+. The van der Waals surface area contributed by atoms with Crippen LogP contribution in [0.4, 0.5) is 5.69 Å². The van der Waals surface area contributed by atoms with Crippen LogP contribution >= 0.6 is 0 Å². The topological polar surface area (TPSA) is 50.8 Å². The molecule has 2 heterocycles. The summed E-state index contributed by atoms with van der Waals surface area (Å²) >= 11 is 0. The molecule has 0 spiro atoms. The van der Waals surface area contributed by atoms with E-state index < -0.39 is 0 Å². The van der Waals surface area contributed by atoms with Gasteiger partial charge in [-0.1, -0.05) is 18.2 Å². The zero-order valence-corrected chi connectivity index (χ0v) is 15.3. The maximum atomic E-state index is 12.1. The van der Waals surface area contributed by atoms with Crippen molar-refractivity contribution in [3.05, 3.63) is 59.7 Å². The van der Waals surface area contributed by atoms with E-state index in [1.54, 1.807) is 6.08 Å². The van der Waals surface area contributed by atoms with Gasteiger partial charge in [0.25, 0.3) is 0 Å². The first kappa shape index (κ1) is 17.6. The Morgan fingerprint density at radius 1 is 1.04 bits per heavy atom. The number of likely N-dealkylation sites (tertiary alicyclic amines) is 1. The summed E-state index contributed by atoms with van der Waals surface area (Å²) in [5.74, 6) is 1.29. The Labute approximate surface area is 159 Å². The minimum absolute atomic E-state index is 0.155. The van der Waals surface area contributed by atoms with E-state index in [-0.39, 0.29) is 12.7 Å². The maximum Gasteiger partial charge on any atom is 0.248 e. The monoisotopic (exact) mass is 364 g/mol. The number of hydrogen-bond acceptors (Lipinski definition) is 4. The van der Waals surface area contributed by atoms with E-state index in [0.717, 1.165) is 30.0 Å². The summed E-state index contributed by atoms with van der Waals surface area (Å²) in [5.41, 5.74) is 3.00. The minimum atomic E-state index is -0.155. The van der Waals surface area contributed by atoms with Gasteiger partial charge in [-0.05, 0) is 73.8 Å². The van der Waals surface area contributed by atoms with E-state index in [4.69, 9.17) is 9.47 Å². The fourth-order valence-electron chi connectivity index (χ4n) is 3.42. The molecular formula is C22H24N2O3. The number of fused-ring (bicyclic) bond motifs is 1. The molecular weight excluding hydrogens is 340 g/mol. The number of rotatable bonds is 6. The third kappa shape index (κ3) is 4.68. The van der Waals surface area contributed by atoms with Crippen molar-refractivity contribution in [3.63, 3.8) is 0 Å². The van der Waals surface area contributed by atoms with Gasteiger partial charge in [-0.15, -0.1) is 0 Å². The van der Waals surface area contributed by atoms with E-state index in [9.17, 15) is 4.79 Å². The summed E-state index contributed by atoms with van der Waals surface area (Å²) in [6.45, 7) is 3.81. The van der Waals surface area contributed by atoms with Crippen LogP contribution in [-0.4, -0.2) is 37.2 Å². The fourth-order valence-corrected chi connectivity index (χ4v) is 3.42. The van der Waals surface area contributed by atoms with Crippen molar-refractivity contribution in [2.75, 3.05) is 31.7 Å². The molecule has 1 fully saturated rings. The lowest BCUT2D eigenvalue weighted by atomic mass is 10.1. The molecule has 0 radical (unpaired) electrons. The number of ether oxygens (including phenoxy) is 2. The Balaban J connectivity index is 1.28. The van der Waals surface area contributed by atoms with E-state index >= 15 is 0 Å². The van der Waals surface area contributed by atoms with Crippen LogP contribution in [-0.2, 0) is 11.2 Å². The molecule has 2 aliphatic rings. The molecule has 1 N–H and O–H groups in total. The van der Waals surface area contributed by atoms with Crippen molar-refractivity contribution in [2.45, 2.75) is 19.3 Å². The molecule has 2 aromatic rings. The number of amides is 1. The van der Waals surface area contributed by atoms with Gasteiger partial charge < -0.3 is 19.7 Å². The highest BCUT2D eigenvalue weighted by Gasteiger charge is 2.12. The van der Waals surface area contributed by atoms with Crippen molar-refractivity contribution in [3.8, 4) is 11.5 Å². The van der Waals surface area contributed by atoms with Gasteiger partial charge in [0.05, 0.1) is 0 Å². The van der Waals surface area contributed by atoms with E-state index in [1.807, 2.05) is 30.3 Å². The van der Waals surface area contributed by atoms with Crippen LogP contribution in [0.3, 0.4) is 0 Å². The highest BCUT2D eigenvalue weighted by Crippen LogP contribution is 2.32. The molecule has 0 atom stereocenters. The molecule has 0 bridgehead atoms. The van der Waals surface area contributed by atoms with Crippen molar-refractivity contribution in [1.29, 1.82) is 0 Å². The molecule has 4 rings (SSSR count). The Hall–Kier alpha value is -2.79. The van der Waals surface area contributed by atoms with Gasteiger partial charge in [-0.3, -0.25) is 4.79 Å². The fraction of sp³-hybridized carbons (Fsp3) is 0.318. The number of carbonyl (C=O) groups is 1. The molecule has 2 aliphatic heterocycles. The molecule has 5 heteroatoms. The van der Waals surface area contributed by atoms with E-state index in [1.165, 1.54) is 37.6 Å². The molecule has 0 unspecified atom stereocenters. The largest absolute Gasteiger partial charge is 0.454 e. The normalized spacial score (nSPS) is 16.1. The van der Waals surface area contributed by atoms with Crippen LogP contribution in [0.5, 0.6) is 11.5 Å².